The first kappa shape index (κ1) is 19.5. The largest absolute Gasteiger partial charge is 0.478 e. The molecule has 2 heterocycles. The molecular formula is C22H21N5O3. The number of anilines is 1. The molecule has 4 rings (SSSR count). The fourth-order valence-corrected chi connectivity index (χ4v) is 3.48. The van der Waals surface area contributed by atoms with E-state index in [0.717, 1.165) is 18.8 Å². The van der Waals surface area contributed by atoms with Gasteiger partial charge in [0.15, 0.2) is 0 Å². The zero-order valence-electron chi connectivity index (χ0n) is 16.2. The predicted octanol–water partition coefficient (Wildman–Crippen LogP) is 2.47. The zero-order chi connectivity index (χ0) is 20.9. The summed E-state index contributed by atoms with van der Waals surface area (Å²) in [6, 6.07) is 16.7. The number of carboxylic acids is 1. The summed E-state index contributed by atoms with van der Waals surface area (Å²) in [7, 11) is 0. The average Bonchev–Trinajstić information content (AvgIpc) is 2.75. The van der Waals surface area contributed by atoms with Crippen molar-refractivity contribution in [2.75, 3.05) is 12.0 Å². The van der Waals surface area contributed by atoms with Crippen molar-refractivity contribution in [3.05, 3.63) is 92.9 Å². The number of carboxylic acid groups (broad SMARTS) is 1. The first-order valence-electron chi connectivity index (χ1n) is 9.60. The van der Waals surface area contributed by atoms with Gasteiger partial charge in [-0.15, -0.1) is 0 Å². The number of aromatic amines is 1. The van der Waals surface area contributed by atoms with E-state index in [1.165, 1.54) is 17.8 Å². The molecule has 0 aliphatic carbocycles. The van der Waals surface area contributed by atoms with Gasteiger partial charge < -0.3 is 5.11 Å². The molecule has 0 atom stereocenters. The molecule has 2 aromatic carbocycles. The lowest BCUT2D eigenvalue weighted by Gasteiger charge is -2.27. The number of aromatic nitrogens is 2. The van der Waals surface area contributed by atoms with Gasteiger partial charge in [-0.3, -0.25) is 14.7 Å². The van der Waals surface area contributed by atoms with Gasteiger partial charge in [0, 0.05) is 31.6 Å². The molecule has 3 aromatic rings. The van der Waals surface area contributed by atoms with Gasteiger partial charge in [0.1, 0.15) is 0 Å². The third-order valence-electron chi connectivity index (χ3n) is 4.96. The fraction of sp³-hybridized carbons (Fsp3) is 0.182. The van der Waals surface area contributed by atoms with Gasteiger partial charge in [-0.25, -0.2) is 15.2 Å². The van der Waals surface area contributed by atoms with Gasteiger partial charge in [0.2, 0.25) is 5.95 Å². The Morgan fingerprint density at radius 3 is 2.77 bits per heavy atom. The van der Waals surface area contributed by atoms with E-state index in [0.29, 0.717) is 24.1 Å². The van der Waals surface area contributed by atoms with Gasteiger partial charge in [0.25, 0.3) is 5.56 Å². The third kappa shape index (κ3) is 4.44. The van der Waals surface area contributed by atoms with E-state index in [2.05, 4.69) is 37.5 Å². The van der Waals surface area contributed by atoms with Crippen LogP contribution in [0.4, 0.5) is 5.95 Å². The Hall–Kier alpha value is -3.78. The van der Waals surface area contributed by atoms with Crippen molar-refractivity contribution in [2.45, 2.75) is 19.5 Å². The number of benzene rings is 2. The van der Waals surface area contributed by atoms with Gasteiger partial charge in [-0.1, -0.05) is 48.5 Å². The Kier molecular flexibility index (Phi) is 5.67. The highest BCUT2D eigenvalue weighted by Gasteiger charge is 2.21. The summed E-state index contributed by atoms with van der Waals surface area (Å²) in [6.45, 7) is 2.14. The van der Waals surface area contributed by atoms with E-state index in [1.807, 2.05) is 18.2 Å². The van der Waals surface area contributed by atoms with Gasteiger partial charge >= 0.3 is 5.97 Å². The SMILES string of the molecule is O=C(O)c1ccccc1/C=N\Nc1nc2c(c(=O)[nH]1)CN(Cc1ccccc1)CC2. The van der Waals surface area contributed by atoms with E-state index in [1.54, 1.807) is 18.2 Å². The van der Waals surface area contributed by atoms with E-state index < -0.39 is 5.97 Å². The number of nitrogens with one attached hydrogen (secondary N) is 2. The van der Waals surface area contributed by atoms with Crippen LogP contribution in [0.1, 0.15) is 32.7 Å². The van der Waals surface area contributed by atoms with Gasteiger partial charge in [-0.05, 0) is 11.6 Å². The van der Waals surface area contributed by atoms with Crippen LogP contribution in [0.3, 0.4) is 0 Å². The van der Waals surface area contributed by atoms with Crippen molar-refractivity contribution in [3.8, 4) is 0 Å². The smallest absolute Gasteiger partial charge is 0.336 e. The molecule has 0 spiro atoms. The van der Waals surface area contributed by atoms with Crippen molar-refractivity contribution in [3.63, 3.8) is 0 Å². The topological polar surface area (TPSA) is 111 Å². The quantitative estimate of drug-likeness (QED) is 0.431. The van der Waals surface area contributed by atoms with Crippen LogP contribution in [0, 0.1) is 0 Å². The highest BCUT2D eigenvalue weighted by molar-refractivity contribution is 5.98. The lowest BCUT2D eigenvalue weighted by Crippen LogP contribution is -2.35. The standard InChI is InChI=1S/C22H21N5O3/c28-20-18-14-27(13-15-6-2-1-3-7-15)11-10-19(18)24-22(25-20)26-23-12-16-8-4-5-9-17(16)21(29)30/h1-9,12H,10-11,13-14H2,(H,29,30)(H2,24,25,26,28)/b23-12-. The number of hydrazone groups is 1. The number of aromatic carboxylic acids is 1. The average molecular weight is 403 g/mol. The molecule has 1 aromatic heterocycles. The van der Waals surface area contributed by atoms with E-state index in [-0.39, 0.29) is 17.1 Å². The molecule has 0 saturated carbocycles. The van der Waals surface area contributed by atoms with Crippen molar-refractivity contribution >= 4 is 18.1 Å². The fourth-order valence-electron chi connectivity index (χ4n) is 3.48. The number of rotatable bonds is 6. The molecule has 3 N–H and O–H groups in total. The molecule has 0 saturated heterocycles. The molecule has 0 amide bonds. The molecular weight excluding hydrogens is 382 g/mol. The third-order valence-corrected chi connectivity index (χ3v) is 4.96. The van der Waals surface area contributed by atoms with Crippen LogP contribution < -0.4 is 11.0 Å². The second-order valence-electron chi connectivity index (χ2n) is 7.05. The molecule has 0 radical (unpaired) electrons. The van der Waals surface area contributed by atoms with Crippen LogP contribution in [-0.2, 0) is 19.5 Å². The summed E-state index contributed by atoms with van der Waals surface area (Å²) in [6.07, 6.45) is 2.07. The minimum absolute atomic E-state index is 0.147. The molecule has 0 unspecified atom stereocenters. The molecule has 0 bridgehead atoms. The minimum Gasteiger partial charge on any atom is -0.478 e. The highest BCUT2D eigenvalue weighted by atomic mass is 16.4. The molecule has 8 heteroatoms. The van der Waals surface area contributed by atoms with Crippen molar-refractivity contribution < 1.29 is 9.90 Å². The van der Waals surface area contributed by atoms with Gasteiger partial charge in [-0.2, -0.15) is 5.10 Å². The summed E-state index contributed by atoms with van der Waals surface area (Å²) >= 11 is 0. The van der Waals surface area contributed by atoms with Crippen molar-refractivity contribution in [2.24, 2.45) is 5.10 Å². The summed E-state index contributed by atoms with van der Waals surface area (Å²) in [5.74, 6) is -0.795. The second kappa shape index (κ2) is 8.71. The number of hydrogen-bond acceptors (Lipinski definition) is 6. The Morgan fingerprint density at radius 1 is 1.20 bits per heavy atom. The number of carbonyl (C=O) groups is 1. The summed E-state index contributed by atoms with van der Waals surface area (Å²) < 4.78 is 0. The number of nitrogens with zero attached hydrogens (tertiary/aromatic N) is 3. The summed E-state index contributed by atoms with van der Waals surface area (Å²) in [5.41, 5.74) is 5.74. The second-order valence-corrected chi connectivity index (χ2v) is 7.05. The molecule has 152 valence electrons. The van der Waals surface area contributed by atoms with Crippen molar-refractivity contribution in [1.82, 2.24) is 14.9 Å². The van der Waals surface area contributed by atoms with Crippen LogP contribution >= 0.6 is 0 Å². The van der Waals surface area contributed by atoms with Crippen LogP contribution in [0.25, 0.3) is 0 Å². The summed E-state index contributed by atoms with van der Waals surface area (Å²) in [5, 5.41) is 13.3. The number of hydrogen-bond donors (Lipinski definition) is 3. The Bertz CT molecular complexity index is 1140. The van der Waals surface area contributed by atoms with Crippen LogP contribution in [0.2, 0.25) is 0 Å². The maximum Gasteiger partial charge on any atom is 0.336 e. The maximum absolute atomic E-state index is 12.6. The summed E-state index contributed by atoms with van der Waals surface area (Å²) in [4.78, 5) is 33.2. The Morgan fingerprint density at radius 2 is 1.97 bits per heavy atom. The van der Waals surface area contributed by atoms with E-state index in [9.17, 15) is 14.7 Å². The predicted molar refractivity (Wildman–Crippen MR) is 114 cm³/mol. The molecule has 1 aliphatic heterocycles. The number of fused-ring (bicyclic) bond motifs is 1. The van der Waals surface area contributed by atoms with Crippen LogP contribution in [0.15, 0.2) is 64.5 Å². The van der Waals surface area contributed by atoms with Crippen molar-refractivity contribution in [1.29, 1.82) is 0 Å². The Labute approximate surface area is 172 Å². The molecule has 30 heavy (non-hydrogen) atoms. The Balaban J connectivity index is 1.46. The first-order chi connectivity index (χ1) is 14.6. The van der Waals surface area contributed by atoms with Gasteiger partial charge in [0.05, 0.1) is 23.0 Å². The van der Waals surface area contributed by atoms with E-state index >= 15 is 0 Å². The molecule has 1 aliphatic rings. The van der Waals surface area contributed by atoms with Crippen LogP contribution in [-0.4, -0.2) is 38.7 Å². The molecule has 8 nitrogen and oxygen atoms in total. The highest BCUT2D eigenvalue weighted by Crippen LogP contribution is 2.17. The first-order valence-corrected chi connectivity index (χ1v) is 9.60. The lowest BCUT2D eigenvalue weighted by molar-refractivity contribution is 0.0696. The van der Waals surface area contributed by atoms with Crippen LogP contribution in [0.5, 0.6) is 0 Å². The van der Waals surface area contributed by atoms with E-state index in [4.69, 9.17) is 0 Å². The molecule has 0 fully saturated rings. The number of H-pyrrole nitrogens is 1. The maximum atomic E-state index is 12.6. The zero-order valence-corrected chi connectivity index (χ0v) is 16.2. The minimum atomic E-state index is -1.03. The monoisotopic (exact) mass is 403 g/mol. The normalized spacial score (nSPS) is 13.9. The lowest BCUT2D eigenvalue weighted by atomic mass is 10.1.